The minimum absolute atomic E-state index is 0.0276. The van der Waals surface area contributed by atoms with Crippen LogP contribution in [0.4, 0.5) is 0 Å². The molecule has 1 aromatic carbocycles. The van der Waals surface area contributed by atoms with Gasteiger partial charge in [-0.2, -0.15) is 5.10 Å². The number of primary sulfonamides is 1. The summed E-state index contributed by atoms with van der Waals surface area (Å²) in [5, 5.41) is 9.13. The fourth-order valence-electron chi connectivity index (χ4n) is 1.87. The summed E-state index contributed by atoms with van der Waals surface area (Å²) >= 11 is 5.78. The lowest BCUT2D eigenvalue weighted by Crippen LogP contribution is -2.21. The van der Waals surface area contributed by atoms with Crippen LogP contribution in [0.1, 0.15) is 49.9 Å². The van der Waals surface area contributed by atoms with E-state index in [9.17, 15) is 13.2 Å². The second kappa shape index (κ2) is 8.26. The molecule has 0 fully saturated rings. The topological polar surface area (TPSA) is 102 Å². The highest BCUT2D eigenvalue weighted by Gasteiger charge is 2.16. The molecule has 0 heterocycles. The van der Waals surface area contributed by atoms with Crippen molar-refractivity contribution in [1.29, 1.82) is 0 Å². The van der Waals surface area contributed by atoms with Crippen LogP contribution in [0.15, 0.2) is 28.2 Å². The molecule has 1 rings (SSSR count). The Kier molecular flexibility index (Phi) is 6.99. The van der Waals surface area contributed by atoms with E-state index in [1.807, 2.05) is 13.8 Å². The number of nitrogens with two attached hydrogens (primary N) is 1. The minimum atomic E-state index is -3.99. The van der Waals surface area contributed by atoms with Crippen LogP contribution < -0.4 is 10.6 Å². The number of halogens is 1. The predicted molar refractivity (Wildman–Crippen MR) is 87.5 cm³/mol. The van der Waals surface area contributed by atoms with Crippen molar-refractivity contribution in [1.82, 2.24) is 5.43 Å². The lowest BCUT2D eigenvalue weighted by Gasteiger charge is -2.07. The van der Waals surface area contributed by atoms with E-state index in [0.717, 1.165) is 37.5 Å². The Bertz CT molecular complexity index is 664. The van der Waals surface area contributed by atoms with E-state index in [-0.39, 0.29) is 15.5 Å². The van der Waals surface area contributed by atoms with Gasteiger partial charge in [-0.05, 0) is 31.0 Å². The molecule has 0 aromatic heterocycles. The summed E-state index contributed by atoms with van der Waals surface area (Å²) < 4.78 is 22.8. The zero-order chi connectivity index (χ0) is 16.8. The fourth-order valence-corrected chi connectivity index (χ4v) is 2.94. The molecule has 1 amide bonds. The van der Waals surface area contributed by atoms with Gasteiger partial charge in [0.2, 0.25) is 10.0 Å². The van der Waals surface area contributed by atoms with Crippen LogP contribution in [0.25, 0.3) is 0 Å². The van der Waals surface area contributed by atoms with Crippen LogP contribution in [-0.4, -0.2) is 20.0 Å². The van der Waals surface area contributed by atoms with Gasteiger partial charge in [-0.25, -0.2) is 19.0 Å². The normalized spacial score (nSPS) is 11.1. The molecule has 0 saturated heterocycles. The number of hydrogen-bond donors (Lipinski definition) is 2. The van der Waals surface area contributed by atoms with E-state index in [4.69, 9.17) is 16.7 Å². The highest BCUT2D eigenvalue weighted by Crippen LogP contribution is 2.21. The number of amides is 1. The second-order valence-corrected chi connectivity index (χ2v) is 6.75. The summed E-state index contributed by atoms with van der Waals surface area (Å²) in [5.41, 5.74) is 3.47. The number of hydrogen-bond acceptors (Lipinski definition) is 4. The van der Waals surface area contributed by atoms with Crippen LogP contribution in [-0.2, 0) is 10.0 Å². The lowest BCUT2D eigenvalue weighted by molar-refractivity contribution is 0.0954. The van der Waals surface area contributed by atoms with Gasteiger partial charge in [-0.1, -0.05) is 38.3 Å². The maximum Gasteiger partial charge on any atom is 0.271 e. The van der Waals surface area contributed by atoms with Crippen LogP contribution in [0.5, 0.6) is 0 Å². The van der Waals surface area contributed by atoms with E-state index in [0.29, 0.717) is 0 Å². The number of carbonyl (C=O) groups excluding carboxylic acids is 1. The summed E-state index contributed by atoms with van der Waals surface area (Å²) in [4.78, 5) is 11.8. The zero-order valence-corrected chi connectivity index (χ0v) is 14.2. The number of benzene rings is 1. The monoisotopic (exact) mass is 345 g/mol. The molecule has 6 nitrogen and oxygen atoms in total. The highest BCUT2D eigenvalue weighted by atomic mass is 35.5. The molecule has 122 valence electrons. The van der Waals surface area contributed by atoms with Gasteiger partial charge in [0.25, 0.3) is 5.91 Å². The van der Waals surface area contributed by atoms with Crippen molar-refractivity contribution in [2.75, 3.05) is 0 Å². The Morgan fingerprint density at radius 3 is 2.36 bits per heavy atom. The fraction of sp³-hybridized carbons (Fsp3) is 0.429. The van der Waals surface area contributed by atoms with Gasteiger partial charge in [0.15, 0.2) is 0 Å². The summed E-state index contributed by atoms with van der Waals surface area (Å²) in [7, 11) is -3.99. The van der Waals surface area contributed by atoms with Crippen LogP contribution >= 0.6 is 11.6 Å². The van der Waals surface area contributed by atoms with E-state index in [2.05, 4.69) is 10.5 Å². The molecule has 0 aliphatic heterocycles. The average molecular weight is 346 g/mol. The Labute approximate surface area is 135 Å². The predicted octanol–water partition coefficient (Wildman–Crippen LogP) is 2.67. The molecule has 3 N–H and O–H groups in total. The molecule has 0 aliphatic carbocycles. The van der Waals surface area contributed by atoms with Crippen molar-refractivity contribution in [3.63, 3.8) is 0 Å². The van der Waals surface area contributed by atoms with Gasteiger partial charge in [-0.15, -0.1) is 0 Å². The number of rotatable bonds is 7. The maximum absolute atomic E-state index is 12.1. The van der Waals surface area contributed by atoms with E-state index >= 15 is 0 Å². The molecular weight excluding hydrogens is 326 g/mol. The third-order valence-corrected chi connectivity index (χ3v) is 4.29. The molecular formula is C14H20ClN3O3S. The van der Waals surface area contributed by atoms with Crippen LogP contribution in [0.2, 0.25) is 5.02 Å². The third-order valence-electron chi connectivity index (χ3n) is 2.89. The van der Waals surface area contributed by atoms with Crippen molar-refractivity contribution < 1.29 is 13.2 Å². The largest absolute Gasteiger partial charge is 0.271 e. The molecule has 0 aliphatic rings. The van der Waals surface area contributed by atoms with Gasteiger partial charge in [0.05, 0.1) is 5.02 Å². The summed E-state index contributed by atoms with van der Waals surface area (Å²) in [6, 6.07) is 3.88. The lowest BCUT2D eigenvalue weighted by atomic mass is 10.1. The number of hydrazone groups is 1. The minimum Gasteiger partial charge on any atom is -0.267 e. The Morgan fingerprint density at radius 2 is 1.86 bits per heavy atom. The zero-order valence-electron chi connectivity index (χ0n) is 12.6. The quantitative estimate of drug-likeness (QED) is 0.586. The maximum atomic E-state index is 12.1. The first kappa shape index (κ1) is 18.6. The second-order valence-electron chi connectivity index (χ2n) is 4.81. The molecule has 22 heavy (non-hydrogen) atoms. The smallest absolute Gasteiger partial charge is 0.267 e. The molecule has 1 aromatic rings. The molecule has 0 radical (unpaired) electrons. The standard InChI is InChI=1S/C14H20ClN3O3S/c1-3-5-11(6-4-2)17-18-14(19)10-7-8-12(15)13(9-10)22(16,20)21/h7-9H,3-6H2,1-2H3,(H,18,19)(H2,16,20,21). The van der Waals surface area contributed by atoms with Gasteiger partial charge in [-0.3, -0.25) is 4.79 Å². The number of nitrogens with zero attached hydrogens (tertiary/aromatic N) is 1. The first-order valence-electron chi connectivity index (χ1n) is 6.97. The van der Waals surface area contributed by atoms with Crippen molar-refractivity contribution in [3.8, 4) is 0 Å². The summed E-state index contributed by atoms with van der Waals surface area (Å²) in [6.07, 6.45) is 3.48. The molecule has 0 atom stereocenters. The third kappa shape index (κ3) is 5.40. The van der Waals surface area contributed by atoms with Gasteiger partial charge < -0.3 is 0 Å². The molecule has 0 spiro atoms. The molecule has 0 bridgehead atoms. The van der Waals surface area contributed by atoms with Crippen molar-refractivity contribution >= 4 is 33.2 Å². The SMILES string of the molecule is CCCC(CCC)=NNC(=O)c1ccc(Cl)c(S(N)(=O)=O)c1. The average Bonchev–Trinajstić information content (AvgIpc) is 2.44. The molecule has 0 unspecified atom stereocenters. The number of nitrogens with one attached hydrogen (secondary N) is 1. The Balaban J connectivity index is 2.97. The van der Waals surface area contributed by atoms with Crippen LogP contribution in [0, 0.1) is 0 Å². The number of carbonyl (C=O) groups is 1. The van der Waals surface area contributed by atoms with Crippen molar-refractivity contribution in [2.24, 2.45) is 10.2 Å². The van der Waals surface area contributed by atoms with Crippen molar-refractivity contribution in [2.45, 2.75) is 44.4 Å². The number of sulfonamides is 1. The van der Waals surface area contributed by atoms with E-state index in [1.54, 1.807) is 0 Å². The van der Waals surface area contributed by atoms with Gasteiger partial charge >= 0.3 is 0 Å². The molecule has 8 heteroatoms. The van der Waals surface area contributed by atoms with Gasteiger partial charge in [0, 0.05) is 11.3 Å². The van der Waals surface area contributed by atoms with Crippen molar-refractivity contribution in [3.05, 3.63) is 28.8 Å². The summed E-state index contributed by atoms with van der Waals surface area (Å²) in [5.74, 6) is -0.508. The molecule has 0 saturated carbocycles. The van der Waals surface area contributed by atoms with Crippen LogP contribution in [0.3, 0.4) is 0 Å². The van der Waals surface area contributed by atoms with Gasteiger partial charge in [0.1, 0.15) is 4.90 Å². The highest BCUT2D eigenvalue weighted by molar-refractivity contribution is 7.89. The first-order chi connectivity index (χ1) is 10.3. The Morgan fingerprint density at radius 1 is 1.27 bits per heavy atom. The first-order valence-corrected chi connectivity index (χ1v) is 8.90. The summed E-state index contributed by atoms with van der Waals surface area (Å²) in [6.45, 7) is 4.06. The Hall–Kier alpha value is -1.44. The van der Waals surface area contributed by atoms with E-state index < -0.39 is 15.9 Å². The van der Waals surface area contributed by atoms with E-state index in [1.165, 1.54) is 12.1 Å².